The van der Waals surface area contributed by atoms with Gasteiger partial charge in [0.05, 0.1) is 29.8 Å². The zero-order chi connectivity index (χ0) is 39.3. The molecule has 8 atom stereocenters. The van der Waals surface area contributed by atoms with Gasteiger partial charge in [0.15, 0.2) is 29.3 Å². The van der Waals surface area contributed by atoms with Gasteiger partial charge in [-0.2, -0.15) is 0 Å². The van der Waals surface area contributed by atoms with Crippen molar-refractivity contribution in [1.82, 2.24) is 4.90 Å². The molecule has 288 valence electrons. The van der Waals surface area contributed by atoms with E-state index < -0.39 is 86.2 Å². The van der Waals surface area contributed by atoms with Gasteiger partial charge in [0.25, 0.3) is 0 Å². The predicted molar refractivity (Wildman–Crippen MR) is 200 cm³/mol. The summed E-state index contributed by atoms with van der Waals surface area (Å²) >= 11 is 5.91. The summed E-state index contributed by atoms with van der Waals surface area (Å²) in [7, 11) is 0. The number of benzene rings is 4. The van der Waals surface area contributed by atoms with Crippen LogP contribution in [0.25, 0.3) is 0 Å². The molecule has 4 aromatic rings. The van der Waals surface area contributed by atoms with E-state index >= 15 is 0 Å². The number of carbonyl (C=O) groups is 3. The van der Waals surface area contributed by atoms with Gasteiger partial charge in [-0.15, -0.1) is 0 Å². The summed E-state index contributed by atoms with van der Waals surface area (Å²) in [6, 6.07) is 30.9. The maximum absolute atomic E-state index is 13.8. The number of thiocarbonyl (C=S) groups is 1. The molecule has 55 heavy (non-hydrogen) atoms. The van der Waals surface area contributed by atoms with Gasteiger partial charge in [0.1, 0.15) is 31.0 Å². The third-order valence-corrected chi connectivity index (χ3v) is 9.82. The molecular weight excluding hydrogens is 733 g/mol. The van der Waals surface area contributed by atoms with Crippen LogP contribution in [0.4, 0.5) is 5.69 Å². The summed E-state index contributed by atoms with van der Waals surface area (Å²) in [6.07, 6.45) is -12.5. The van der Waals surface area contributed by atoms with Crippen LogP contribution in [0.15, 0.2) is 115 Å². The highest BCUT2D eigenvalue weighted by Gasteiger charge is 2.63. The van der Waals surface area contributed by atoms with E-state index in [1.807, 2.05) is 6.92 Å². The lowest BCUT2D eigenvalue weighted by molar-refractivity contribution is -0.228. The van der Waals surface area contributed by atoms with Gasteiger partial charge in [0, 0.05) is 5.69 Å². The highest BCUT2D eigenvalue weighted by Crippen LogP contribution is 2.41. The summed E-state index contributed by atoms with van der Waals surface area (Å²) in [6.45, 7) is -0.174. The monoisotopic (exact) mass is 772 g/mol. The Morgan fingerprint density at radius 2 is 1.27 bits per heavy atom. The number of aliphatic hydroxyl groups is 5. The second-order valence-electron chi connectivity index (χ2n) is 13.1. The van der Waals surface area contributed by atoms with Crippen LogP contribution in [0.2, 0.25) is 0 Å². The Labute approximate surface area is 321 Å². The zero-order valence-corrected chi connectivity index (χ0v) is 30.3. The molecule has 2 fully saturated rings. The maximum Gasteiger partial charge on any atom is 0.338 e. The molecule has 5 N–H and O–H groups in total. The molecule has 0 radical (unpaired) electrons. The van der Waals surface area contributed by atoms with E-state index in [1.165, 1.54) is 41.3 Å². The number of carbonyl (C=O) groups excluding carboxylic acids is 3. The smallest absolute Gasteiger partial charge is 0.338 e. The standard InChI is InChI=1S/C40H40N2O12S/c1-24-17-19-28(20-18-24)41-23-40(50,34(46)31(45)29(44)21-43)42(39(41)55)35-33(54-38(49)27-15-9-4-10-16-27)32(53-37(48)26-13-7-3-8-14-26)30(52-35)22-51-36(47)25-11-5-2-6-12-25/h2-20,29-35,43-46,50H,21-23H2,1H3/t29-,30-,31-,32+,33-,34+,35-,40+/m1/s1. The molecular formula is C40H40N2O12S. The molecule has 0 unspecified atom stereocenters. The normalized spacial score (nSPS) is 23.9. The van der Waals surface area contributed by atoms with Crippen molar-refractivity contribution in [2.75, 3.05) is 24.7 Å². The van der Waals surface area contributed by atoms with Crippen molar-refractivity contribution >= 4 is 40.9 Å². The maximum atomic E-state index is 13.8. The van der Waals surface area contributed by atoms with E-state index in [0.717, 1.165) is 10.5 Å². The molecule has 0 amide bonds. The topological polar surface area (TPSA) is 196 Å². The molecule has 2 aliphatic rings. The third kappa shape index (κ3) is 8.38. The van der Waals surface area contributed by atoms with Crippen molar-refractivity contribution in [2.45, 2.75) is 55.5 Å². The Bertz CT molecular complexity index is 1960. The minimum Gasteiger partial charge on any atom is -0.459 e. The third-order valence-electron chi connectivity index (χ3n) is 9.40. The molecule has 0 aliphatic carbocycles. The van der Waals surface area contributed by atoms with E-state index in [2.05, 4.69) is 0 Å². The van der Waals surface area contributed by atoms with Crippen LogP contribution in [0.3, 0.4) is 0 Å². The van der Waals surface area contributed by atoms with E-state index in [9.17, 15) is 39.9 Å². The lowest BCUT2D eigenvalue weighted by Gasteiger charge is -2.42. The highest BCUT2D eigenvalue weighted by atomic mass is 32.1. The van der Waals surface area contributed by atoms with Gasteiger partial charge in [-0.25, -0.2) is 14.4 Å². The number of esters is 3. The SMILES string of the molecule is Cc1ccc(N2C[C@](O)([C@@H](O)[C@H](O)[C@H](O)CO)N([C@@H]3O[C@H](COC(=O)c4ccccc4)[C@H](OC(=O)c4ccccc4)[C@H]3OC(=O)c3ccccc3)C2=S)cc1. The van der Waals surface area contributed by atoms with Gasteiger partial charge < -0.3 is 49.4 Å². The predicted octanol–water partition coefficient (Wildman–Crippen LogP) is 2.20. The Morgan fingerprint density at radius 3 is 1.78 bits per heavy atom. The van der Waals surface area contributed by atoms with Crippen molar-refractivity contribution < 1.29 is 58.9 Å². The van der Waals surface area contributed by atoms with Gasteiger partial charge in [-0.05, 0) is 67.7 Å². The minimum atomic E-state index is -2.62. The highest BCUT2D eigenvalue weighted by molar-refractivity contribution is 7.80. The molecule has 6 rings (SSSR count). The summed E-state index contributed by atoms with van der Waals surface area (Å²) in [5, 5.41) is 54.9. The average Bonchev–Trinajstić information content (AvgIpc) is 3.68. The first-order valence-electron chi connectivity index (χ1n) is 17.4. The second kappa shape index (κ2) is 17.0. The van der Waals surface area contributed by atoms with Crippen LogP contribution in [0, 0.1) is 6.92 Å². The molecule has 0 saturated carbocycles. The molecule has 14 nitrogen and oxygen atoms in total. The first kappa shape index (κ1) is 39.4. The van der Waals surface area contributed by atoms with E-state index in [0.29, 0.717) is 5.69 Å². The van der Waals surface area contributed by atoms with E-state index in [4.69, 9.17) is 31.2 Å². The molecule has 0 aromatic heterocycles. The first-order chi connectivity index (χ1) is 26.4. The fraction of sp³-hybridized carbons (Fsp3) is 0.300. The molecule has 15 heteroatoms. The number of ether oxygens (including phenoxy) is 4. The number of hydrogen-bond acceptors (Lipinski definition) is 13. The average molecular weight is 773 g/mol. The number of aryl methyl sites for hydroxylation is 1. The summed E-state index contributed by atoms with van der Waals surface area (Å²) in [5.41, 5.74) is -0.804. The molecule has 0 bridgehead atoms. The molecule has 0 spiro atoms. The van der Waals surface area contributed by atoms with Crippen molar-refractivity contribution in [3.8, 4) is 0 Å². The van der Waals surface area contributed by atoms with Crippen LogP contribution >= 0.6 is 12.2 Å². The Morgan fingerprint density at radius 1 is 0.782 bits per heavy atom. The lowest BCUT2D eigenvalue weighted by atomic mass is 9.96. The molecule has 2 aliphatic heterocycles. The Hall–Kier alpha value is -5.26. The van der Waals surface area contributed by atoms with Crippen LogP contribution in [-0.4, -0.2) is 122 Å². The lowest BCUT2D eigenvalue weighted by Crippen LogP contribution is -2.66. The van der Waals surface area contributed by atoms with Crippen LogP contribution in [0.5, 0.6) is 0 Å². The number of β-amino-alcohol motifs (C(OH)–C–C–N with tert-alkyl or cyclic N) is 1. The Kier molecular flexibility index (Phi) is 12.2. The summed E-state index contributed by atoms with van der Waals surface area (Å²) in [4.78, 5) is 43.0. The van der Waals surface area contributed by atoms with Crippen LogP contribution in [0.1, 0.15) is 36.6 Å². The summed E-state index contributed by atoms with van der Waals surface area (Å²) < 4.78 is 24.1. The molecule has 4 aromatic carbocycles. The van der Waals surface area contributed by atoms with Crippen LogP contribution in [-0.2, 0) is 18.9 Å². The van der Waals surface area contributed by atoms with Crippen molar-refractivity contribution in [2.24, 2.45) is 0 Å². The van der Waals surface area contributed by atoms with Crippen molar-refractivity contribution in [3.05, 3.63) is 138 Å². The number of rotatable bonds is 13. The molecule has 2 saturated heterocycles. The number of aliphatic hydroxyl groups excluding tert-OH is 4. The number of nitrogens with zero attached hydrogens (tertiary/aromatic N) is 2. The van der Waals surface area contributed by atoms with Crippen molar-refractivity contribution in [3.63, 3.8) is 0 Å². The zero-order valence-electron chi connectivity index (χ0n) is 29.5. The first-order valence-corrected chi connectivity index (χ1v) is 17.8. The van der Waals surface area contributed by atoms with Gasteiger partial charge in [-0.1, -0.05) is 72.3 Å². The van der Waals surface area contributed by atoms with Crippen LogP contribution < -0.4 is 4.90 Å². The van der Waals surface area contributed by atoms with Crippen molar-refractivity contribution in [1.29, 1.82) is 0 Å². The number of hydrogen-bond donors (Lipinski definition) is 5. The summed E-state index contributed by atoms with van der Waals surface area (Å²) in [5.74, 6) is -2.48. The fourth-order valence-electron chi connectivity index (χ4n) is 6.42. The largest absolute Gasteiger partial charge is 0.459 e. The molecule has 2 heterocycles. The van der Waals surface area contributed by atoms with E-state index in [1.54, 1.807) is 78.9 Å². The number of anilines is 1. The fourth-order valence-corrected chi connectivity index (χ4v) is 6.85. The van der Waals surface area contributed by atoms with Gasteiger partial charge in [0.2, 0.25) is 0 Å². The minimum absolute atomic E-state index is 0.107. The van der Waals surface area contributed by atoms with Gasteiger partial charge in [-0.3, -0.25) is 4.90 Å². The van der Waals surface area contributed by atoms with Gasteiger partial charge >= 0.3 is 17.9 Å². The second-order valence-corrected chi connectivity index (χ2v) is 13.5. The van der Waals surface area contributed by atoms with E-state index in [-0.39, 0.29) is 21.8 Å². The Balaban J connectivity index is 1.45. The quantitative estimate of drug-likeness (QED) is 0.0754.